The molecule has 1 aromatic heterocycles. The van der Waals surface area contributed by atoms with E-state index in [4.69, 9.17) is 4.42 Å². The van der Waals surface area contributed by atoms with Crippen LogP contribution in [0.4, 0.5) is 5.69 Å². The summed E-state index contributed by atoms with van der Waals surface area (Å²) in [5.41, 5.74) is 3.07. The number of carbonyl (C=O) groups is 1. The van der Waals surface area contributed by atoms with Crippen LogP contribution in [0.15, 0.2) is 41.0 Å². The van der Waals surface area contributed by atoms with E-state index in [0.717, 1.165) is 22.6 Å². The quantitative estimate of drug-likeness (QED) is 0.916. The van der Waals surface area contributed by atoms with Gasteiger partial charge in [0.25, 0.3) is 0 Å². The number of nitrogens with one attached hydrogen (secondary N) is 1. The van der Waals surface area contributed by atoms with E-state index in [1.165, 1.54) is 0 Å². The fourth-order valence-electron chi connectivity index (χ4n) is 2.09. The van der Waals surface area contributed by atoms with Crippen LogP contribution in [0.5, 0.6) is 0 Å². The molecule has 1 N–H and O–H groups in total. The minimum absolute atomic E-state index is 0.0160. The van der Waals surface area contributed by atoms with Gasteiger partial charge in [0, 0.05) is 5.69 Å². The lowest BCUT2D eigenvalue weighted by Crippen LogP contribution is -2.39. The maximum atomic E-state index is 12.4. The van der Waals surface area contributed by atoms with Crippen molar-refractivity contribution in [1.29, 1.82) is 0 Å². The monoisotopic (exact) mass is 286 g/mol. The molecule has 2 aromatic rings. The van der Waals surface area contributed by atoms with E-state index in [9.17, 15) is 4.79 Å². The van der Waals surface area contributed by atoms with Gasteiger partial charge in [-0.2, -0.15) is 0 Å². The van der Waals surface area contributed by atoms with Gasteiger partial charge in [0.1, 0.15) is 5.76 Å². The molecule has 4 heteroatoms. The van der Waals surface area contributed by atoms with Gasteiger partial charge in [-0.3, -0.25) is 9.69 Å². The smallest absolute Gasteiger partial charge is 0.241 e. The minimum Gasteiger partial charge on any atom is -0.468 e. The second-order valence-electron chi connectivity index (χ2n) is 5.48. The van der Waals surface area contributed by atoms with Gasteiger partial charge < -0.3 is 9.73 Å². The third-order valence-corrected chi connectivity index (χ3v) is 3.68. The number of anilines is 1. The number of furan rings is 1. The van der Waals surface area contributed by atoms with Crippen LogP contribution in [-0.2, 0) is 11.3 Å². The van der Waals surface area contributed by atoms with E-state index >= 15 is 0 Å². The molecule has 21 heavy (non-hydrogen) atoms. The van der Waals surface area contributed by atoms with Gasteiger partial charge in [0.2, 0.25) is 5.91 Å². The lowest BCUT2D eigenvalue weighted by molar-refractivity contribution is -0.120. The summed E-state index contributed by atoms with van der Waals surface area (Å²) in [4.78, 5) is 14.3. The molecule has 112 valence electrons. The standard InChI is InChI=1S/C17H22N2O2/c1-12-7-8-13(2)16(10-12)18-17(20)14(3)19(4)11-15-6-5-9-21-15/h5-10,14H,11H2,1-4H3,(H,18,20). The summed E-state index contributed by atoms with van der Waals surface area (Å²) in [5, 5.41) is 3.00. The van der Waals surface area contributed by atoms with Crippen molar-refractivity contribution >= 4 is 11.6 Å². The average molecular weight is 286 g/mol. The maximum absolute atomic E-state index is 12.4. The number of rotatable bonds is 5. The van der Waals surface area contributed by atoms with Crippen LogP contribution in [0.3, 0.4) is 0 Å². The van der Waals surface area contributed by atoms with Crippen molar-refractivity contribution in [3.8, 4) is 0 Å². The highest BCUT2D eigenvalue weighted by atomic mass is 16.3. The molecule has 1 aromatic carbocycles. The van der Waals surface area contributed by atoms with Gasteiger partial charge in [-0.25, -0.2) is 0 Å². The molecule has 0 bridgehead atoms. The third kappa shape index (κ3) is 3.95. The van der Waals surface area contributed by atoms with Crippen LogP contribution in [-0.4, -0.2) is 23.9 Å². The van der Waals surface area contributed by atoms with Crippen molar-refractivity contribution in [2.75, 3.05) is 12.4 Å². The zero-order chi connectivity index (χ0) is 15.4. The van der Waals surface area contributed by atoms with Gasteiger partial charge >= 0.3 is 0 Å². The van der Waals surface area contributed by atoms with Gasteiger partial charge in [-0.15, -0.1) is 0 Å². The molecule has 1 unspecified atom stereocenters. The van der Waals surface area contributed by atoms with E-state index in [0.29, 0.717) is 6.54 Å². The summed E-state index contributed by atoms with van der Waals surface area (Å²) in [7, 11) is 1.91. The molecule has 1 heterocycles. The van der Waals surface area contributed by atoms with Gasteiger partial charge in [0.05, 0.1) is 18.8 Å². The summed E-state index contributed by atoms with van der Waals surface area (Å²) in [6, 6.07) is 9.57. The van der Waals surface area contributed by atoms with Crippen molar-refractivity contribution < 1.29 is 9.21 Å². The first-order chi connectivity index (χ1) is 9.97. The summed E-state index contributed by atoms with van der Waals surface area (Å²) < 4.78 is 5.31. The molecule has 0 saturated carbocycles. The summed E-state index contributed by atoms with van der Waals surface area (Å²) in [5.74, 6) is 0.835. The first-order valence-electron chi connectivity index (χ1n) is 7.08. The van der Waals surface area contributed by atoms with Crippen molar-refractivity contribution in [2.24, 2.45) is 0 Å². The molecule has 0 saturated heterocycles. The number of likely N-dealkylation sites (N-methyl/N-ethyl adjacent to an activating group) is 1. The Balaban J connectivity index is 2.00. The third-order valence-electron chi connectivity index (χ3n) is 3.68. The van der Waals surface area contributed by atoms with E-state index in [2.05, 4.69) is 5.32 Å². The van der Waals surface area contributed by atoms with Gasteiger partial charge in [0.15, 0.2) is 0 Å². The van der Waals surface area contributed by atoms with Crippen LogP contribution in [0, 0.1) is 13.8 Å². The lowest BCUT2D eigenvalue weighted by Gasteiger charge is -2.23. The molecule has 0 spiro atoms. The zero-order valence-electron chi connectivity index (χ0n) is 13.0. The molecule has 0 fully saturated rings. The second kappa shape index (κ2) is 6.59. The lowest BCUT2D eigenvalue weighted by atomic mass is 10.1. The van der Waals surface area contributed by atoms with E-state index in [1.807, 2.05) is 63.1 Å². The van der Waals surface area contributed by atoms with E-state index in [1.54, 1.807) is 6.26 Å². The van der Waals surface area contributed by atoms with Gasteiger partial charge in [-0.1, -0.05) is 12.1 Å². The Labute approximate surface area is 125 Å². The number of benzene rings is 1. The first-order valence-corrected chi connectivity index (χ1v) is 7.08. The molecule has 0 aliphatic carbocycles. The number of carbonyl (C=O) groups excluding carboxylic acids is 1. The molecular formula is C17H22N2O2. The average Bonchev–Trinajstić information content (AvgIpc) is 2.94. The molecule has 2 rings (SSSR count). The number of aryl methyl sites for hydroxylation is 2. The highest BCUT2D eigenvalue weighted by molar-refractivity contribution is 5.95. The van der Waals surface area contributed by atoms with Crippen LogP contribution in [0.25, 0.3) is 0 Å². The molecule has 1 atom stereocenters. The van der Waals surface area contributed by atoms with Crippen LogP contribution >= 0.6 is 0 Å². The number of nitrogens with zero attached hydrogens (tertiary/aromatic N) is 1. The highest BCUT2D eigenvalue weighted by Crippen LogP contribution is 2.17. The van der Waals surface area contributed by atoms with Crippen molar-refractivity contribution in [2.45, 2.75) is 33.4 Å². The topological polar surface area (TPSA) is 45.5 Å². The summed E-state index contributed by atoms with van der Waals surface area (Å²) in [6.07, 6.45) is 1.64. The maximum Gasteiger partial charge on any atom is 0.241 e. The fraction of sp³-hybridized carbons (Fsp3) is 0.353. The molecular weight excluding hydrogens is 264 g/mol. The van der Waals surface area contributed by atoms with E-state index < -0.39 is 0 Å². The first kappa shape index (κ1) is 15.3. The Morgan fingerprint density at radius 2 is 2.10 bits per heavy atom. The summed E-state index contributed by atoms with van der Waals surface area (Å²) >= 11 is 0. The van der Waals surface area contributed by atoms with Crippen molar-refractivity contribution in [3.63, 3.8) is 0 Å². The predicted octanol–water partition coefficient (Wildman–Crippen LogP) is 3.36. The Hall–Kier alpha value is -2.07. The largest absolute Gasteiger partial charge is 0.468 e. The Kier molecular flexibility index (Phi) is 4.81. The molecule has 0 radical (unpaired) electrons. The molecule has 0 aliphatic rings. The molecule has 4 nitrogen and oxygen atoms in total. The van der Waals surface area contributed by atoms with Crippen LogP contribution < -0.4 is 5.32 Å². The normalized spacial score (nSPS) is 12.4. The van der Waals surface area contributed by atoms with Crippen molar-refractivity contribution in [3.05, 3.63) is 53.5 Å². The number of hydrogen-bond acceptors (Lipinski definition) is 3. The molecule has 0 aliphatic heterocycles. The highest BCUT2D eigenvalue weighted by Gasteiger charge is 2.19. The number of amides is 1. The number of hydrogen-bond donors (Lipinski definition) is 1. The SMILES string of the molecule is Cc1ccc(C)c(NC(=O)C(C)N(C)Cc2ccco2)c1. The van der Waals surface area contributed by atoms with Gasteiger partial charge in [-0.05, 0) is 57.1 Å². The fourth-order valence-corrected chi connectivity index (χ4v) is 2.09. The second-order valence-corrected chi connectivity index (χ2v) is 5.48. The zero-order valence-corrected chi connectivity index (χ0v) is 13.0. The van der Waals surface area contributed by atoms with Crippen molar-refractivity contribution in [1.82, 2.24) is 4.90 Å². The van der Waals surface area contributed by atoms with Crippen LogP contribution in [0.2, 0.25) is 0 Å². The Morgan fingerprint density at radius 1 is 1.33 bits per heavy atom. The summed E-state index contributed by atoms with van der Waals surface area (Å²) in [6.45, 7) is 6.51. The van der Waals surface area contributed by atoms with Crippen LogP contribution in [0.1, 0.15) is 23.8 Å². The molecule has 1 amide bonds. The predicted molar refractivity (Wildman–Crippen MR) is 84.2 cm³/mol. The minimum atomic E-state index is -0.241. The Morgan fingerprint density at radius 3 is 2.76 bits per heavy atom. The van der Waals surface area contributed by atoms with E-state index in [-0.39, 0.29) is 11.9 Å². The Bertz CT molecular complexity index is 605.